The third kappa shape index (κ3) is 5.43. The van der Waals surface area contributed by atoms with E-state index in [0.29, 0.717) is 6.42 Å². The van der Waals surface area contributed by atoms with E-state index in [0.717, 1.165) is 6.08 Å². The molecular formula is C7H11NO4. The lowest BCUT2D eigenvalue weighted by Crippen LogP contribution is -2.29. The van der Waals surface area contributed by atoms with E-state index in [4.69, 9.17) is 15.9 Å². The SMILES string of the molecule is N[C@@H](CC/C=C\C(=O)O)C(=O)O. The lowest BCUT2D eigenvalue weighted by Gasteiger charge is -2.01. The predicted molar refractivity (Wildman–Crippen MR) is 41.6 cm³/mol. The lowest BCUT2D eigenvalue weighted by molar-refractivity contribution is -0.138. The van der Waals surface area contributed by atoms with Crippen LogP contribution < -0.4 is 5.73 Å². The number of carboxylic acid groups (broad SMARTS) is 2. The Morgan fingerprint density at radius 2 is 2.00 bits per heavy atom. The zero-order chi connectivity index (χ0) is 9.56. The Morgan fingerprint density at radius 3 is 2.42 bits per heavy atom. The van der Waals surface area contributed by atoms with E-state index < -0.39 is 18.0 Å². The Bertz CT molecular complexity index is 200. The van der Waals surface area contributed by atoms with Gasteiger partial charge in [0, 0.05) is 6.08 Å². The van der Waals surface area contributed by atoms with Crippen molar-refractivity contribution in [2.45, 2.75) is 18.9 Å². The molecule has 0 amide bonds. The molecular weight excluding hydrogens is 162 g/mol. The van der Waals surface area contributed by atoms with Gasteiger partial charge in [-0.2, -0.15) is 0 Å². The largest absolute Gasteiger partial charge is 0.480 e. The van der Waals surface area contributed by atoms with E-state index in [1.54, 1.807) is 0 Å². The maximum atomic E-state index is 10.2. The number of nitrogens with two attached hydrogens (primary N) is 1. The molecule has 12 heavy (non-hydrogen) atoms. The van der Waals surface area contributed by atoms with Gasteiger partial charge in [0.1, 0.15) is 6.04 Å². The molecule has 0 aromatic rings. The summed E-state index contributed by atoms with van der Waals surface area (Å²) in [4.78, 5) is 20.1. The summed E-state index contributed by atoms with van der Waals surface area (Å²) in [5.41, 5.74) is 5.15. The second-order valence-electron chi connectivity index (χ2n) is 2.26. The Morgan fingerprint density at radius 1 is 1.42 bits per heavy atom. The molecule has 4 N–H and O–H groups in total. The van der Waals surface area contributed by atoms with Gasteiger partial charge in [0.2, 0.25) is 0 Å². The van der Waals surface area contributed by atoms with Crippen LogP contribution in [0.4, 0.5) is 0 Å². The summed E-state index contributed by atoms with van der Waals surface area (Å²) < 4.78 is 0. The van der Waals surface area contributed by atoms with Gasteiger partial charge in [-0.3, -0.25) is 4.79 Å². The van der Waals surface area contributed by atoms with Crippen LogP contribution in [0.25, 0.3) is 0 Å². The summed E-state index contributed by atoms with van der Waals surface area (Å²) in [7, 11) is 0. The summed E-state index contributed by atoms with van der Waals surface area (Å²) in [6.07, 6.45) is 2.96. The van der Waals surface area contributed by atoms with Gasteiger partial charge in [0.25, 0.3) is 0 Å². The summed E-state index contributed by atoms with van der Waals surface area (Å²) in [6.45, 7) is 0. The standard InChI is InChI=1S/C7H11NO4/c8-5(7(11)12)3-1-2-4-6(9)10/h2,4-5H,1,3,8H2,(H,9,10)(H,11,12)/b4-2-/t5-/m0/s1. The molecule has 0 unspecified atom stereocenters. The minimum absolute atomic E-state index is 0.249. The van der Waals surface area contributed by atoms with Gasteiger partial charge in [0.05, 0.1) is 0 Å². The van der Waals surface area contributed by atoms with Crippen LogP contribution >= 0.6 is 0 Å². The highest BCUT2D eigenvalue weighted by Crippen LogP contribution is 1.95. The first-order valence-corrected chi connectivity index (χ1v) is 3.42. The summed E-state index contributed by atoms with van der Waals surface area (Å²) in [6, 6.07) is -0.913. The van der Waals surface area contributed by atoms with Crippen molar-refractivity contribution >= 4 is 11.9 Å². The molecule has 0 heterocycles. The van der Waals surface area contributed by atoms with Crippen molar-refractivity contribution in [1.29, 1.82) is 0 Å². The molecule has 5 nitrogen and oxygen atoms in total. The Kier molecular flexibility index (Phi) is 4.71. The van der Waals surface area contributed by atoms with Crippen molar-refractivity contribution in [3.8, 4) is 0 Å². The van der Waals surface area contributed by atoms with Crippen molar-refractivity contribution < 1.29 is 19.8 Å². The Labute approximate surface area is 69.5 Å². The normalized spacial score (nSPS) is 13.1. The maximum Gasteiger partial charge on any atom is 0.327 e. The zero-order valence-corrected chi connectivity index (χ0v) is 6.43. The fourth-order valence-electron chi connectivity index (χ4n) is 0.583. The first kappa shape index (κ1) is 10.6. The number of hydrogen-bond donors (Lipinski definition) is 3. The minimum Gasteiger partial charge on any atom is -0.480 e. The third-order valence-corrected chi connectivity index (χ3v) is 1.22. The van der Waals surface area contributed by atoms with Crippen molar-refractivity contribution in [2.75, 3.05) is 0 Å². The molecule has 0 spiro atoms. The third-order valence-electron chi connectivity index (χ3n) is 1.22. The maximum absolute atomic E-state index is 10.2. The average Bonchev–Trinajstić information content (AvgIpc) is 1.97. The molecule has 0 aliphatic heterocycles. The van der Waals surface area contributed by atoms with Crippen LogP contribution in [-0.4, -0.2) is 28.2 Å². The molecule has 0 saturated carbocycles. The highest BCUT2D eigenvalue weighted by Gasteiger charge is 2.08. The van der Waals surface area contributed by atoms with Crippen LogP contribution in [0.15, 0.2) is 12.2 Å². The van der Waals surface area contributed by atoms with Crippen LogP contribution in [0.3, 0.4) is 0 Å². The van der Waals surface area contributed by atoms with E-state index >= 15 is 0 Å². The number of allylic oxidation sites excluding steroid dienone is 1. The Hall–Kier alpha value is -1.36. The van der Waals surface area contributed by atoms with Crippen molar-refractivity contribution in [1.82, 2.24) is 0 Å². The first-order chi connectivity index (χ1) is 5.54. The van der Waals surface area contributed by atoms with Crippen molar-refractivity contribution in [3.63, 3.8) is 0 Å². The van der Waals surface area contributed by atoms with Crippen LogP contribution in [-0.2, 0) is 9.59 Å². The van der Waals surface area contributed by atoms with Gasteiger partial charge in [-0.05, 0) is 12.8 Å². The lowest BCUT2D eigenvalue weighted by atomic mass is 10.1. The molecule has 0 fully saturated rings. The van der Waals surface area contributed by atoms with Crippen molar-refractivity contribution in [3.05, 3.63) is 12.2 Å². The minimum atomic E-state index is -1.07. The van der Waals surface area contributed by atoms with Crippen LogP contribution in [0.5, 0.6) is 0 Å². The first-order valence-electron chi connectivity index (χ1n) is 3.42. The molecule has 0 aliphatic rings. The van der Waals surface area contributed by atoms with Gasteiger partial charge >= 0.3 is 11.9 Å². The van der Waals surface area contributed by atoms with Crippen molar-refractivity contribution in [2.24, 2.45) is 5.73 Å². The number of hydrogen-bond acceptors (Lipinski definition) is 3. The Balaban J connectivity index is 3.56. The molecule has 0 bridgehead atoms. The molecule has 1 atom stereocenters. The van der Waals surface area contributed by atoms with E-state index in [1.807, 2.05) is 0 Å². The molecule has 0 aliphatic carbocycles. The molecule has 0 aromatic carbocycles. The van der Waals surface area contributed by atoms with Crippen LogP contribution in [0.2, 0.25) is 0 Å². The summed E-state index contributed by atoms with van der Waals surface area (Å²) >= 11 is 0. The molecule has 0 radical (unpaired) electrons. The van der Waals surface area contributed by atoms with Gasteiger partial charge in [0.15, 0.2) is 0 Å². The monoisotopic (exact) mass is 173 g/mol. The number of aliphatic carboxylic acids is 2. The van der Waals surface area contributed by atoms with Gasteiger partial charge in [-0.15, -0.1) is 0 Å². The fraction of sp³-hybridized carbons (Fsp3) is 0.429. The average molecular weight is 173 g/mol. The van der Waals surface area contributed by atoms with E-state index in [-0.39, 0.29) is 6.42 Å². The topological polar surface area (TPSA) is 101 Å². The van der Waals surface area contributed by atoms with E-state index in [9.17, 15) is 9.59 Å². The number of carboxylic acids is 2. The molecule has 0 saturated heterocycles. The smallest absolute Gasteiger partial charge is 0.327 e. The number of carbonyl (C=O) groups is 2. The number of rotatable bonds is 5. The van der Waals surface area contributed by atoms with Crippen LogP contribution in [0.1, 0.15) is 12.8 Å². The van der Waals surface area contributed by atoms with Gasteiger partial charge in [-0.1, -0.05) is 6.08 Å². The van der Waals surface area contributed by atoms with Gasteiger partial charge < -0.3 is 15.9 Å². The molecule has 68 valence electrons. The highest BCUT2D eigenvalue weighted by atomic mass is 16.4. The van der Waals surface area contributed by atoms with Crippen LogP contribution in [0, 0.1) is 0 Å². The molecule has 5 heteroatoms. The summed E-state index contributed by atoms with van der Waals surface area (Å²) in [5, 5.41) is 16.5. The van der Waals surface area contributed by atoms with E-state index in [1.165, 1.54) is 6.08 Å². The molecule has 0 rings (SSSR count). The summed E-state index contributed by atoms with van der Waals surface area (Å²) in [5.74, 6) is -2.11. The predicted octanol–water partition coefficient (Wildman–Crippen LogP) is -0.181. The molecule has 0 aromatic heterocycles. The zero-order valence-electron chi connectivity index (χ0n) is 6.43. The quantitative estimate of drug-likeness (QED) is 0.500. The highest BCUT2D eigenvalue weighted by molar-refractivity contribution is 5.79. The second-order valence-corrected chi connectivity index (χ2v) is 2.26. The van der Waals surface area contributed by atoms with E-state index in [2.05, 4.69) is 0 Å². The second kappa shape index (κ2) is 5.31. The fourth-order valence-corrected chi connectivity index (χ4v) is 0.583. The van der Waals surface area contributed by atoms with Gasteiger partial charge in [-0.25, -0.2) is 4.79 Å².